The molecule has 0 unspecified atom stereocenters. The first-order valence-corrected chi connectivity index (χ1v) is 9.26. The van der Waals surface area contributed by atoms with Crippen molar-refractivity contribution in [3.8, 4) is 0 Å². The smallest absolute Gasteiger partial charge is 0.266 e. The third kappa shape index (κ3) is 4.14. The van der Waals surface area contributed by atoms with Crippen molar-refractivity contribution >= 4 is 49.1 Å². The Bertz CT molecular complexity index is 856. The van der Waals surface area contributed by atoms with E-state index in [2.05, 4.69) is 21.2 Å². The van der Waals surface area contributed by atoms with Crippen LogP contribution in [0, 0.1) is 0 Å². The van der Waals surface area contributed by atoms with Gasteiger partial charge in [0.15, 0.2) is 0 Å². The molecule has 0 saturated carbocycles. The molecular weight excluding hydrogens is 420 g/mol. The molecule has 0 atom stereocenters. The van der Waals surface area contributed by atoms with E-state index in [1.54, 1.807) is 24.3 Å². The molecule has 6 nitrogen and oxygen atoms in total. The summed E-state index contributed by atoms with van der Waals surface area (Å²) in [6.07, 6.45) is 0. The van der Waals surface area contributed by atoms with Gasteiger partial charge in [0.05, 0.1) is 12.1 Å². The number of nitrogens with one attached hydrogen (secondary N) is 1. The van der Waals surface area contributed by atoms with Crippen LogP contribution in [-0.4, -0.2) is 33.0 Å². The first kappa shape index (κ1) is 18.9. The number of hydrogen-bond acceptors (Lipinski definition) is 4. The number of anilines is 1. The molecule has 0 heterocycles. The number of carbonyl (C=O) groups is 1. The Morgan fingerprint density at radius 1 is 1.21 bits per heavy atom. The average molecular weight is 434 g/mol. The van der Waals surface area contributed by atoms with Crippen molar-refractivity contribution < 1.29 is 18.0 Å². The van der Waals surface area contributed by atoms with E-state index in [0.29, 0.717) is 10.2 Å². The van der Waals surface area contributed by atoms with Gasteiger partial charge in [-0.1, -0.05) is 32.0 Å². The lowest BCUT2D eigenvalue weighted by Crippen LogP contribution is -2.26. The van der Waals surface area contributed by atoms with Crippen LogP contribution >= 0.6 is 27.5 Å². The molecule has 0 aliphatic heterocycles. The molecule has 24 heavy (non-hydrogen) atoms. The minimum atomic E-state index is -3.96. The Balaban J connectivity index is 2.33. The first-order chi connectivity index (χ1) is 11.3. The third-order valence-corrected chi connectivity index (χ3v) is 5.86. The molecule has 1 N–H and O–H groups in total. The number of sulfonamides is 1. The van der Waals surface area contributed by atoms with Crippen LogP contribution in [0.25, 0.3) is 0 Å². The van der Waals surface area contributed by atoms with E-state index in [0.717, 1.165) is 4.47 Å². The fourth-order valence-electron chi connectivity index (χ4n) is 1.82. The van der Waals surface area contributed by atoms with Crippen LogP contribution in [0.4, 0.5) is 5.69 Å². The summed E-state index contributed by atoms with van der Waals surface area (Å²) in [5.74, 6) is -0.453. The highest BCUT2D eigenvalue weighted by Crippen LogP contribution is 2.26. The highest BCUT2D eigenvalue weighted by atomic mass is 79.9. The van der Waals surface area contributed by atoms with Gasteiger partial charge in [0.2, 0.25) is 0 Å². The topological polar surface area (TPSA) is 75.7 Å². The second-order valence-electron chi connectivity index (χ2n) is 4.70. The molecule has 128 valence electrons. The minimum absolute atomic E-state index is 0.000841. The van der Waals surface area contributed by atoms with Gasteiger partial charge in [-0.05, 0) is 42.5 Å². The second kappa shape index (κ2) is 7.62. The zero-order valence-corrected chi connectivity index (χ0v) is 15.9. The lowest BCUT2D eigenvalue weighted by molar-refractivity contribution is -0.0258. The van der Waals surface area contributed by atoms with E-state index in [9.17, 15) is 13.2 Å². The van der Waals surface area contributed by atoms with E-state index < -0.39 is 15.9 Å². The van der Waals surface area contributed by atoms with Crippen molar-refractivity contribution in [1.29, 1.82) is 0 Å². The Kier molecular flexibility index (Phi) is 6.00. The molecule has 0 bridgehead atoms. The Labute approximate surface area is 153 Å². The molecule has 0 saturated heterocycles. The fraction of sp³-hybridized carbons (Fsp3) is 0.133. The van der Waals surface area contributed by atoms with Crippen molar-refractivity contribution in [2.45, 2.75) is 4.90 Å². The summed E-state index contributed by atoms with van der Waals surface area (Å²) in [6.45, 7) is 0. The lowest BCUT2D eigenvalue weighted by Gasteiger charge is -2.16. The van der Waals surface area contributed by atoms with Crippen LogP contribution in [0.1, 0.15) is 10.4 Å². The SMILES string of the molecule is CON(C)S(=O)(=O)c1cc(C(=O)Nc2ccc(Br)cc2)ccc1Cl. The van der Waals surface area contributed by atoms with Gasteiger partial charge in [0.25, 0.3) is 15.9 Å². The molecule has 0 aromatic heterocycles. The van der Waals surface area contributed by atoms with Gasteiger partial charge >= 0.3 is 0 Å². The zero-order chi connectivity index (χ0) is 17.9. The summed E-state index contributed by atoms with van der Waals surface area (Å²) < 4.78 is 26.2. The number of nitrogens with zero attached hydrogens (tertiary/aromatic N) is 1. The summed E-state index contributed by atoms with van der Waals surface area (Å²) in [7, 11) is -1.51. The molecule has 9 heteroatoms. The number of carbonyl (C=O) groups excluding carboxylic acids is 1. The van der Waals surface area contributed by atoms with Crippen molar-refractivity contribution in [3.05, 3.63) is 57.5 Å². The van der Waals surface area contributed by atoms with Gasteiger partial charge in [-0.3, -0.25) is 9.63 Å². The predicted molar refractivity (Wildman–Crippen MR) is 95.5 cm³/mol. The number of hydrogen-bond donors (Lipinski definition) is 1. The molecule has 2 rings (SSSR count). The summed E-state index contributed by atoms with van der Waals surface area (Å²) in [6, 6.07) is 11.0. The molecule has 0 spiro atoms. The molecule has 0 aliphatic rings. The molecule has 0 aliphatic carbocycles. The molecule has 0 fully saturated rings. The zero-order valence-electron chi connectivity index (χ0n) is 12.8. The van der Waals surface area contributed by atoms with Crippen LogP contribution in [-0.2, 0) is 14.9 Å². The van der Waals surface area contributed by atoms with Crippen LogP contribution in [0.2, 0.25) is 5.02 Å². The van der Waals surface area contributed by atoms with Crippen LogP contribution in [0.3, 0.4) is 0 Å². The number of hydroxylamine groups is 1. The maximum atomic E-state index is 12.3. The Morgan fingerprint density at radius 3 is 2.42 bits per heavy atom. The van der Waals surface area contributed by atoms with E-state index in [1.165, 1.54) is 32.4 Å². The summed E-state index contributed by atoms with van der Waals surface area (Å²) >= 11 is 9.27. The molecule has 0 radical (unpaired) electrons. The van der Waals surface area contributed by atoms with Gasteiger partial charge in [-0.15, -0.1) is 0 Å². The van der Waals surface area contributed by atoms with Crippen LogP contribution in [0.15, 0.2) is 51.8 Å². The predicted octanol–water partition coefficient (Wildman–Crippen LogP) is 3.54. The summed E-state index contributed by atoms with van der Waals surface area (Å²) in [5.41, 5.74) is 0.738. The van der Waals surface area contributed by atoms with Crippen molar-refractivity contribution in [2.24, 2.45) is 0 Å². The fourth-order valence-corrected chi connectivity index (χ4v) is 3.55. The van der Waals surface area contributed by atoms with Gasteiger partial charge < -0.3 is 5.32 Å². The maximum Gasteiger partial charge on any atom is 0.266 e. The Hall–Kier alpha value is -1.45. The molecule has 2 aromatic rings. The highest BCUT2D eigenvalue weighted by molar-refractivity contribution is 9.10. The maximum absolute atomic E-state index is 12.3. The van der Waals surface area contributed by atoms with Crippen molar-refractivity contribution in [3.63, 3.8) is 0 Å². The average Bonchev–Trinajstić information content (AvgIpc) is 2.56. The first-order valence-electron chi connectivity index (χ1n) is 6.65. The van der Waals surface area contributed by atoms with Crippen molar-refractivity contribution in [1.82, 2.24) is 4.47 Å². The van der Waals surface area contributed by atoms with Gasteiger partial charge in [0.1, 0.15) is 4.90 Å². The van der Waals surface area contributed by atoms with E-state index in [4.69, 9.17) is 16.4 Å². The summed E-state index contributed by atoms with van der Waals surface area (Å²) in [5, 5.41) is 2.68. The molecule has 1 amide bonds. The highest BCUT2D eigenvalue weighted by Gasteiger charge is 2.25. The number of halogens is 2. The number of amides is 1. The molecular formula is C15H14BrClN2O4S. The monoisotopic (exact) mass is 432 g/mol. The van der Waals surface area contributed by atoms with Crippen LogP contribution < -0.4 is 5.32 Å². The lowest BCUT2D eigenvalue weighted by atomic mass is 10.2. The number of rotatable bonds is 5. The third-order valence-electron chi connectivity index (χ3n) is 3.17. The molecule has 2 aromatic carbocycles. The van der Waals surface area contributed by atoms with Crippen LogP contribution in [0.5, 0.6) is 0 Å². The van der Waals surface area contributed by atoms with Gasteiger partial charge in [0, 0.05) is 22.8 Å². The minimum Gasteiger partial charge on any atom is -0.322 e. The Morgan fingerprint density at radius 2 is 1.83 bits per heavy atom. The number of benzene rings is 2. The quantitative estimate of drug-likeness (QED) is 0.732. The van der Waals surface area contributed by atoms with E-state index in [1.807, 2.05) is 0 Å². The van der Waals surface area contributed by atoms with Gasteiger partial charge in [-0.2, -0.15) is 0 Å². The second-order valence-corrected chi connectivity index (χ2v) is 7.93. The van der Waals surface area contributed by atoms with E-state index in [-0.39, 0.29) is 15.5 Å². The normalized spacial score (nSPS) is 11.5. The van der Waals surface area contributed by atoms with Crippen molar-refractivity contribution in [2.75, 3.05) is 19.5 Å². The van der Waals surface area contributed by atoms with E-state index >= 15 is 0 Å². The largest absolute Gasteiger partial charge is 0.322 e. The summed E-state index contributed by atoms with van der Waals surface area (Å²) in [4.78, 5) is 16.8. The standard InChI is InChI=1S/C15H14BrClN2O4S/c1-19(23-2)24(21,22)14-9-10(3-8-13(14)17)15(20)18-12-6-4-11(16)5-7-12/h3-9H,1-2H3,(H,18,20). The van der Waals surface area contributed by atoms with Gasteiger partial charge in [-0.25, -0.2) is 8.42 Å².